The minimum absolute atomic E-state index is 0.287. The highest BCUT2D eigenvalue weighted by atomic mass is 16.4. The number of carboxylic acid groups (broad SMARTS) is 1. The van der Waals surface area contributed by atoms with Gasteiger partial charge in [-0.1, -0.05) is 30.3 Å². The number of H-pyrrole nitrogens is 1. The monoisotopic (exact) mass is 279 g/mol. The van der Waals surface area contributed by atoms with Gasteiger partial charge >= 0.3 is 5.97 Å². The molecule has 0 radical (unpaired) electrons. The molecule has 104 valence electrons. The van der Waals surface area contributed by atoms with Gasteiger partial charge in [0.1, 0.15) is 6.33 Å². The van der Waals surface area contributed by atoms with Gasteiger partial charge in [0.2, 0.25) is 0 Å². The van der Waals surface area contributed by atoms with Crippen LogP contribution >= 0.6 is 0 Å². The molecular formula is C16H13N3O2. The van der Waals surface area contributed by atoms with Gasteiger partial charge in [-0.25, -0.2) is 9.78 Å². The van der Waals surface area contributed by atoms with Crippen molar-refractivity contribution in [2.75, 3.05) is 0 Å². The van der Waals surface area contributed by atoms with Crippen LogP contribution in [0.4, 0.5) is 0 Å². The summed E-state index contributed by atoms with van der Waals surface area (Å²) in [4.78, 5) is 15.2. The summed E-state index contributed by atoms with van der Waals surface area (Å²) in [5.41, 5.74) is 4.14. The molecule has 21 heavy (non-hydrogen) atoms. The van der Waals surface area contributed by atoms with Crippen LogP contribution in [-0.2, 0) is 0 Å². The Balaban J connectivity index is 2.01. The van der Waals surface area contributed by atoms with Gasteiger partial charge in [-0.15, -0.1) is 0 Å². The molecule has 0 saturated heterocycles. The zero-order valence-electron chi connectivity index (χ0n) is 11.4. The molecule has 1 heterocycles. The summed E-state index contributed by atoms with van der Waals surface area (Å²) >= 11 is 0. The van der Waals surface area contributed by atoms with Crippen molar-refractivity contribution in [3.8, 4) is 22.5 Å². The lowest BCUT2D eigenvalue weighted by Crippen LogP contribution is -1.97. The quantitative estimate of drug-likeness (QED) is 0.772. The maximum absolute atomic E-state index is 11.1. The summed E-state index contributed by atoms with van der Waals surface area (Å²) in [6.07, 6.45) is 1.46. The molecule has 0 atom stereocenters. The Hall–Kier alpha value is -2.95. The zero-order valence-corrected chi connectivity index (χ0v) is 11.4. The third-order valence-electron chi connectivity index (χ3n) is 3.37. The van der Waals surface area contributed by atoms with Crippen LogP contribution in [0.15, 0.2) is 48.8 Å². The van der Waals surface area contributed by atoms with Gasteiger partial charge in [-0.3, -0.25) is 5.10 Å². The topological polar surface area (TPSA) is 78.9 Å². The molecule has 5 heteroatoms. The van der Waals surface area contributed by atoms with Crippen LogP contribution in [0.3, 0.4) is 0 Å². The number of carboxylic acids is 1. The molecule has 0 aliphatic rings. The first-order valence-electron chi connectivity index (χ1n) is 6.45. The molecule has 0 bridgehead atoms. The minimum Gasteiger partial charge on any atom is -0.478 e. The molecule has 0 fully saturated rings. The Morgan fingerprint density at radius 1 is 1.10 bits per heavy atom. The second-order valence-corrected chi connectivity index (χ2v) is 4.75. The second-order valence-electron chi connectivity index (χ2n) is 4.75. The van der Waals surface area contributed by atoms with Gasteiger partial charge in [0.15, 0.2) is 5.82 Å². The van der Waals surface area contributed by atoms with Crippen molar-refractivity contribution in [1.29, 1.82) is 0 Å². The lowest BCUT2D eigenvalue weighted by molar-refractivity contribution is 0.0697. The molecule has 1 aromatic heterocycles. The Kier molecular flexibility index (Phi) is 3.23. The van der Waals surface area contributed by atoms with Gasteiger partial charge in [0, 0.05) is 5.56 Å². The van der Waals surface area contributed by atoms with Crippen LogP contribution in [0.1, 0.15) is 15.9 Å². The van der Waals surface area contributed by atoms with E-state index in [4.69, 9.17) is 5.11 Å². The lowest BCUT2D eigenvalue weighted by atomic mass is 9.97. The van der Waals surface area contributed by atoms with E-state index in [-0.39, 0.29) is 5.56 Å². The van der Waals surface area contributed by atoms with Crippen LogP contribution < -0.4 is 0 Å². The summed E-state index contributed by atoms with van der Waals surface area (Å²) in [7, 11) is 0. The predicted octanol–water partition coefficient (Wildman–Crippen LogP) is 3.15. The molecule has 0 saturated carbocycles. The molecule has 0 aliphatic heterocycles. The number of aryl methyl sites for hydroxylation is 1. The smallest absolute Gasteiger partial charge is 0.335 e. The van der Waals surface area contributed by atoms with E-state index in [0.717, 1.165) is 22.3 Å². The summed E-state index contributed by atoms with van der Waals surface area (Å²) in [5.74, 6) is -0.216. The van der Waals surface area contributed by atoms with E-state index in [9.17, 15) is 4.79 Å². The predicted molar refractivity (Wildman–Crippen MR) is 79.0 cm³/mol. The summed E-state index contributed by atoms with van der Waals surface area (Å²) in [5, 5.41) is 15.7. The van der Waals surface area contributed by atoms with E-state index in [0.29, 0.717) is 5.82 Å². The number of hydrogen-bond acceptors (Lipinski definition) is 3. The van der Waals surface area contributed by atoms with Crippen molar-refractivity contribution >= 4 is 5.97 Å². The Labute approximate surface area is 121 Å². The van der Waals surface area contributed by atoms with Crippen LogP contribution in [0.25, 0.3) is 22.5 Å². The van der Waals surface area contributed by atoms with Gasteiger partial charge < -0.3 is 5.11 Å². The zero-order chi connectivity index (χ0) is 14.8. The molecule has 0 spiro atoms. The normalized spacial score (nSPS) is 10.5. The number of rotatable bonds is 3. The van der Waals surface area contributed by atoms with Crippen molar-refractivity contribution in [3.05, 3.63) is 59.9 Å². The summed E-state index contributed by atoms with van der Waals surface area (Å²) < 4.78 is 0. The van der Waals surface area contributed by atoms with E-state index in [1.165, 1.54) is 6.33 Å². The van der Waals surface area contributed by atoms with E-state index < -0.39 is 5.97 Å². The van der Waals surface area contributed by atoms with Gasteiger partial charge in [0.05, 0.1) is 5.56 Å². The maximum Gasteiger partial charge on any atom is 0.335 e. The number of aromatic carboxylic acids is 1. The highest BCUT2D eigenvalue weighted by molar-refractivity contribution is 5.90. The first kappa shape index (κ1) is 13.1. The highest BCUT2D eigenvalue weighted by Gasteiger charge is 2.08. The summed E-state index contributed by atoms with van der Waals surface area (Å²) in [6, 6.07) is 12.9. The Morgan fingerprint density at radius 2 is 1.81 bits per heavy atom. The standard InChI is InChI=1S/C16H13N3O2/c1-10-2-3-13(16(20)21)8-14(10)11-4-6-12(7-5-11)15-17-9-18-19-15/h2-9H,1H3,(H,20,21)(H,17,18,19). The molecule has 0 amide bonds. The van der Waals surface area contributed by atoms with Gasteiger partial charge in [-0.05, 0) is 35.7 Å². The average molecular weight is 279 g/mol. The fourth-order valence-electron chi connectivity index (χ4n) is 2.22. The first-order valence-corrected chi connectivity index (χ1v) is 6.45. The Morgan fingerprint density at radius 3 is 2.43 bits per heavy atom. The van der Waals surface area contributed by atoms with Crippen molar-refractivity contribution in [2.24, 2.45) is 0 Å². The van der Waals surface area contributed by atoms with Gasteiger partial charge in [0.25, 0.3) is 0 Å². The molecule has 2 aromatic carbocycles. The number of nitrogens with zero attached hydrogens (tertiary/aromatic N) is 2. The number of carbonyl (C=O) groups is 1. The minimum atomic E-state index is -0.922. The van der Waals surface area contributed by atoms with Crippen LogP contribution in [-0.4, -0.2) is 26.3 Å². The van der Waals surface area contributed by atoms with E-state index in [1.807, 2.05) is 37.3 Å². The Bertz CT molecular complexity index is 778. The third kappa shape index (κ3) is 2.53. The number of aromatic amines is 1. The van der Waals surface area contributed by atoms with E-state index >= 15 is 0 Å². The number of aromatic nitrogens is 3. The molecule has 3 rings (SSSR count). The van der Waals surface area contributed by atoms with Crippen LogP contribution in [0, 0.1) is 6.92 Å². The fraction of sp³-hybridized carbons (Fsp3) is 0.0625. The van der Waals surface area contributed by atoms with Crippen molar-refractivity contribution in [1.82, 2.24) is 15.2 Å². The van der Waals surface area contributed by atoms with Crippen LogP contribution in [0.2, 0.25) is 0 Å². The average Bonchev–Trinajstić information content (AvgIpc) is 3.02. The fourth-order valence-corrected chi connectivity index (χ4v) is 2.22. The molecule has 3 aromatic rings. The maximum atomic E-state index is 11.1. The lowest BCUT2D eigenvalue weighted by Gasteiger charge is -2.08. The molecule has 0 unspecified atom stereocenters. The number of hydrogen-bond donors (Lipinski definition) is 2. The van der Waals surface area contributed by atoms with Crippen molar-refractivity contribution in [2.45, 2.75) is 6.92 Å². The molecule has 0 aliphatic carbocycles. The first-order chi connectivity index (χ1) is 10.1. The molecule has 5 nitrogen and oxygen atoms in total. The molecular weight excluding hydrogens is 266 g/mol. The largest absolute Gasteiger partial charge is 0.478 e. The summed E-state index contributed by atoms with van der Waals surface area (Å²) in [6.45, 7) is 1.96. The van der Waals surface area contributed by atoms with Crippen molar-refractivity contribution < 1.29 is 9.90 Å². The van der Waals surface area contributed by atoms with Gasteiger partial charge in [-0.2, -0.15) is 5.10 Å². The number of benzene rings is 2. The van der Waals surface area contributed by atoms with Crippen LogP contribution in [0.5, 0.6) is 0 Å². The third-order valence-corrected chi connectivity index (χ3v) is 3.37. The second kappa shape index (κ2) is 5.20. The SMILES string of the molecule is Cc1ccc(C(=O)O)cc1-c1ccc(-c2ncn[nH]2)cc1. The van der Waals surface area contributed by atoms with E-state index in [1.54, 1.807) is 12.1 Å². The van der Waals surface area contributed by atoms with Crippen molar-refractivity contribution in [3.63, 3.8) is 0 Å². The van der Waals surface area contributed by atoms with E-state index in [2.05, 4.69) is 15.2 Å². The highest BCUT2D eigenvalue weighted by Crippen LogP contribution is 2.26. The number of nitrogens with one attached hydrogen (secondary N) is 1. The molecule has 2 N–H and O–H groups in total.